The predicted molar refractivity (Wildman–Crippen MR) is 108 cm³/mol. The number of aromatic nitrogens is 4. The Morgan fingerprint density at radius 3 is 2.82 bits per heavy atom. The number of pyridine rings is 1. The van der Waals surface area contributed by atoms with Gasteiger partial charge in [-0.25, -0.2) is 23.7 Å². The van der Waals surface area contributed by atoms with E-state index in [1.165, 1.54) is 23.0 Å². The lowest BCUT2D eigenvalue weighted by molar-refractivity contribution is -0.0501. The zero-order chi connectivity index (χ0) is 26.5. The number of halogens is 4. The standard InChI is InChI=1S/C19H17F4N5O5S/c1-2-32-18(29)13-10-25-28-7-5-15(26-16(13)28)27-6-3-4-14(27)12-8-11(20)9-24-17(12)33-34(30,31)19(21,22)23/h5,7-10,14H,2-4,6H2,1H3/i6D2. The molecule has 182 valence electrons. The molecule has 1 unspecified atom stereocenters. The number of rotatable bonds is 6. The van der Waals surface area contributed by atoms with Crippen LogP contribution in [-0.4, -0.2) is 52.6 Å². The van der Waals surface area contributed by atoms with Crippen LogP contribution in [0.2, 0.25) is 0 Å². The summed E-state index contributed by atoms with van der Waals surface area (Å²) in [7, 11) is -6.14. The van der Waals surface area contributed by atoms with Gasteiger partial charge >= 0.3 is 21.6 Å². The molecule has 34 heavy (non-hydrogen) atoms. The third kappa shape index (κ3) is 4.34. The Hall–Kier alpha value is -3.49. The van der Waals surface area contributed by atoms with Crippen molar-refractivity contribution in [3.8, 4) is 5.88 Å². The van der Waals surface area contributed by atoms with E-state index < -0.39 is 51.4 Å². The van der Waals surface area contributed by atoms with Crippen molar-refractivity contribution in [2.24, 2.45) is 0 Å². The molecule has 1 fully saturated rings. The van der Waals surface area contributed by atoms with Crippen LogP contribution in [-0.2, 0) is 14.9 Å². The smallest absolute Gasteiger partial charge is 0.462 e. The summed E-state index contributed by atoms with van der Waals surface area (Å²) in [6.07, 6.45) is 2.76. The summed E-state index contributed by atoms with van der Waals surface area (Å²) in [6, 6.07) is 0.810. The summed E-state index contributed by atoms with van der Waals surface area (Å²) in [5.74, 6) is -2.90. The van der Waals surface area contributed by atoms with E-state index in [9.17, 15) is 30.8 Å². The monoisotopic (exact) mass is 505 g/mol. The highest BCUT2D eigenvalue weighted by Gasteiger charge is 2.49. The Kier molecular flexibility index (Phi) is 5.39. The molecule has 0 spiro atoms. The minimum Gasteiger partial charge on any atom is -0.462 e. The summed E-state index contributed by atoms with van der Waals surface area (Å²) in [5.41, 5.74) is -6.24. The van der Waals surface area contributed by atoms with Crippen molar-refractivity contribution < 1.29 is 42.4 Å². The van der Waals surface area contributed by atoms with Crippen molar-refractivity contribution in [2.45, 2.75) is 31.3 Å². The molecular weight excluding hydrogens is 486 g/mol. The fraction of sp³-hybridized carbons (Fsp3) is 0.368. The molecule has 0 radical (unpaired) electrons. The first-order valence-electron chi connectivity index (χ1n) is 10.7. The highest BCUT2D eigenvalue weighted by Crippen LogP contribution is 2.40. The molecule has 1 aliphatic heterocycles. The van der Waals surface area contributed by atoms with Crippen LogP contribution >= 0.6 is 0 Å². The van der Waals surface area contributed by atoms with Gasteiger partial charge in [0.25, 0.3) is 0 Å². The van der Waals surface area contributed by atoms with Gasteiger partial charge < -0.3 is 13.8 Å². The zero-order valence-corrected chi connectivity index (χ0v) is 18.1. The number of fused-ring (bicyclic) bond motifs is 1. The highest BCUT2D eigenvalue weighted by molar-refractivity contribution is 7.87. The van der Waals surface area contributed by atoms with Crippen LogP contribution in [0.1, 0.15) is 44.5 Å². The minimum atomic E-state index is -6.14. The number of carbonyl (C=O) groups excluding carboxylic acids is 1. The number of carbonyl (C=O) groups is 1. The van der Waals surface area contributed by atoms with Crippen molar-refractivity contribution in [2.75, 3.05) is 18.0 Å². The van der Waals surface area contributed by atoms with Crippen molar-refractivity contribution in [3.05, 3.63) is 47.7 Å². The molecule has 4 rings (SSSR count). The Bertz CT molecular complexity index is 1430. The SMILES string of the molecule is [2H]C1([2H])CCC(c2cc(F)cnc2OS(=O)(=O)C(F)(F)F)N1c1ccn2ncc(C(=O)OCC)c2n1. The second-order valence-electron chi connectivity index (χ2n) is 6.95. The topological polar surface area (TPSA) is 116 Å². The molecule has 0 aliphatic carbocycles. The van der Waals surface area contributed by atoms with E-state index >= 15 is 0 Å². The number of hydrogen-bond donors (Lipinski definition) is 0. The maximum absolute atomic E-state index is 14.1. The zero-order valence-electron chi connectivity index (χ0n) is 19.3. The van der Waals surface area contributed by atoms with Gasteiger partial charge in [-0.1, -0.05) is 0 Å². The lowest BCUT2D eigenvalue weighted by atomic mass is 10.1. The van der Waals surface area contributed by atoms with E-state index in [2.05, 4.69) is 19.2 Å². The van der Waals surface area contributed by atoms with E-state index in [-0.39, 0.29) is 36.5 Å². The molecule has 1 aliphatic rings. The number of ether oxygens (including phenoxy) is 1. The van der Waals surface area contributed by atoms with Gasteiger partial charge in [-0.3, -0.25) is 0 Å². The van der Waals surface area contributed by atoms with Crippen LogP contribution in [0.5, 0.6) is 5.88 Å². The van der Waals surface area contributed by atoms with Crippen molar-refractivity contribution in [1.82, 2.24) is 19.6 Å². The molecule has 4 heterocycles. The quantitative estimate of drug-likeness (QED) is 0.216. The van der Waals surface area contributed by atoms with E-state index in [4.69, 9.17) is 7.48 Å². The largest absolute Gasteiger partial charge is 0.534 e. The van der Waals surface area contributed by atoms with Crippen molar-refractivity contribution >= 4 is 27.6 Å². The summed E-state index contributed by atoms with van der Waals surface area (Å²) in [5, 5.41) is 3.98. The van der Waals surface area contributed by atoms with Gasteiger partial charge in [-0.15, -0.1) is 0 Å². The van der Waals surface area contributed by atoms with Gasteiger partial charge in [0.2, 0.25) is 5.88 Å². The lowest BCUT2D eigenvalue weighted by Gasteiger charge is -2.27. The molecule has 0 aromatic carbocycles. The molecule has 1 atom stereocenters. The maximum Gasteiger partial charge on any atom is 0.534 e. The predicted octanol–water partition coefficient (Wildman–Crippen LogP) is 3.01. The van der Waals surface area contributed by atoms with Gasteiger partial charge in [0, 0.05) is 21.0 Å². The molecule has 15 heteroatoms. The molecular formula is C19H17F4N5O5S. The van der Waals surface area contributed by atoms with E-state index in [1.807, 2.05) is 0 Å². The molecule has 0 saturated carbocycles. The average Bonchev–Trinajstić information content (AvgIpc) is 3.34. The first-order valence-corrected chi connectivity index (χ1v) is 11.1. The fourth-order valence-electron chi connectivity index (χ4n) is 3.34. The van der Waals surface area contributed by atoms with Crippen LogP contribution in [0, 0.1) is 5.82 Å². The Morgan fingerprint density at radius 2 is 2.12 bits per heavy atom. The second kappa shape index (κ2) is 8.70. The van der Waals surface area contributed by atoms with Gasteiger partial charge in [0.1, 0.15) is 17.2 Å². The number of esters is 1. The molecule has 3 aromatic rings. The van der Waals surface area contributed by atoms with Crippen LogP contribution in [0.3, 0.4) is 0 Å². The maximum atomic E-state index is 14.1. The summed E-state index contributed by atoms with van der Waals surface area (Å²) >= 11 is 0. The summed E-state index contributed by atoms with van der Waals surface area (Å²) < 4.78 is 103. The van der Waals surface area contributed by atoms with Crippen LogP contribution < -0.4 is 9.08 Å². The third-order valence-corrected chi connectivity index (χ3v) is 5.73. The molecule has 0 N–H and O–H groups in total. The van der Waals surface area contributed by atoms with Crippen LogP contribution in [0.4, 0.5) is 23.4 Å². The number of alkyl halides is 3. The number of nitrogens with zero attached hydrogens (tertiary/aromatic N) is 5. The van der Waals surface area contributed by atoms with Crippen LogP contribution in [0.25, 0.3) is 5.65 Å². The third-order valence-electron chi connectivity index (χ3n) is 4.78. The molecule has 0 bridgehead atoms. The van der Waals surface area contributed by atoms with Crippen molar-refractivity contribution in [3.63, 3.8) is 0 Å². The van der Waals surface area contributed by atoms with E-state index in [0.717, 1.165) is 4.90 Å². The minimum absolute atomic E-state index is 0.000824. The Labute approximate surface area is 193 Å². The highest BCUT2D eigenvalue weighted by atomic mass is 32.2. The van der Waals surface area contributed by atoms with Gasteiger partial charge in [-0.2, -0.15) is 26.7 Å². The Balaban J connectivity index is 1.82. The summed E-state index contributed by atoms with van der Waals surface area (Å²) in [4.78, 5) is 20.9. The molecule has 0 amide bonds. The molecule has 3 aromatic heterocycles. The van der Waals surface area contributed by atoms with Gasteiger partial charge in [0.05, 0.1) is 25.0 Å². The summed E-state index contributed by atoms with van der Waals surface area (Å²) in [6.45, 7) is -0.493. The van der Waals surface area contributed by atoms with Gasteiger partial charge in [-0.05, 0) is 31.9 Å². The average molecular weight is 505 g/mol. The van der Waals surface area contributed by atoms with Gasteiger partial charge in [0.15, 0.2) is 5.65 Å². The second-order valence-corrected chi connectivity index (χ2v) is 8.48. The number of hydrogen-bond acceptors (Lipinski definition) is 9. The normalized spacial score (nSPS) is 19.1. The lowest BCUT2D eigenvalue weighted by Crippen LogP contribution is -2.30. The molecule has 10 nitrogen and oxygen atoms in total. The molecule has 1 saturated heterocycles. The van der Waals surface area contributed by atoms with E-state index in [0.29, 0.717) is 12.3 Å². The van der Waals surface area contributed by atoms with Crippen LogP contribution in [0.15, 0.2) is 30.7 Å². The Morgan fingerprint density at radius 1 is 1.35 bits per heavy atom. The first-order chi connectivity index (χ1) is 16.7. The fourth-order valence-corrected chi connectivity index (χ4v) is 3.79. The first kappa shape index (κ1) is 21.1. The van der Waals surface area contributed by atoms with Crippen molar-refractivity contribution in [1.29, 1.82) is 0 Å². The number of anilines is 1. The van der Waals surface area contributed by atoms with E-state index in [1.54, 1.807) is 6.92 Å².